The molecule has 0 heterocycles. The Morgan fingerprint density at radius 1 is 1.32 bits per heavy atom. The number of benzene rings is 1. The summed E-state index contributed by atoms with van der Waals surface area (Å²) >= 11 is 0. The van der Waals surface area contributed by atoms with Gasteiger partial charge >= 0.3 is 0 Å². The summed E-state index contributed by atoms with van der Waals surface area (Å²) in [6.45, 7) is 7.63. The van der Waals surface area contributed by atoms with Crippen molar-refractivity contribution in [2.24, 2.45) is 5.92 Å². The smallest absolute Gasteiger partial charge is 0.123 e. The molecule has 0 radical (unpaired) electrons. The van der Waals surface area contributed by atoms with Crippen molar-refractivity contribution >= 4 is 0 Å². The van der Waals surface area contributed by atoms with Gasteiger partial charge in [-0.3, -0.25) is 0 Å². The normalized spacial score (nSPS) is 27.7. The number of hydrogen-bond acceptors (Lipinski definition) is 1. The van der Waals surface area contributed by atoms with Crippen molar-refractivity contribution in [1.29, 1.82) is 0 Å². The fourth-order valence-corrected chi connectivity index (χ4v) is 3.10. The van der Waals surface area contributed by atoms with Crippen molar-refractivity contribution in [3.05, 3.63) is 35.6 Å². The van der Waals surface area contributed by atoms with Gasteiger partial charge in [0.25, 0.3) is 0 Å². The van der Waals surface area contributed by atoms with Crippen LogP contribution in [0.1, 0.15) is 52.0 Å². The van der Waals surface area contributed by atoms with Gasteiger partial charge < -0.3 is 5.32 Å². The summed E-state index contributed by atoms with van der Waals surface area (Å²) in [6.07, 6.45) is 4.82. The van der Waals surface area contributed by atoms with Gasteiger partial charge in [0.05, 0.1) is 0 Å². The highest BCUT2D eigenvalue weighted by molar-refractivity contribution is 5.27. The lowest BCUT2D eigenvalue weighted by Crippen LogP contribution is -2.43. The first-order valence-corrected chi connectivity index (χ1v) is 7.51. The van der Waals surface area contributed by atoms with Gasteiger partial charge in [0.2, 0.25) is 0 Å². The van der Waals surface area contributed by atoms with E-state index in [1.807, 2.05) is 6.07 Å². The molecule has 0 aromatic heterocycles. The molecule has 2 rings (SSSR count). The van der Waals surface area contributed by atoms with E-state index in [2.05, 4.69) is 32.2 Å². The minimum atomic E-state index is -0.111. The maximum Gasteiger partial charge on any atom is 0.123 e. The van der Waals surface area contributed by atoms with E-state index in [1.54, 1.807) is 12.1 Å². The van der Waals surface area contributed by atoms with Gasteiger partial charge in [-0.2, -0.15) is 0 Å². The molecule has 1 N–H and O–H groups in total. The number of halogens is 1. The molecule has 0 aliphatic heterocycles. The first-order valence-electron chi connectivity index (χ1n) is 7.51. The molecule has 1 fully saturated rings. The van der Waals surface area contributed by atoms with Crippen LogP contribution in [0.2, 0.25) is 0 Å². The van der Waals surface area contributed by atoms with Crippen molar-refractivity contribution in [3.63, 3.8) is 0 Å². The average molecular weight is 263 g/mol. The topological polar surface area (TPSA) is 12.0 Å². The number of nitrogens with one attached hydrogen (secondary N) is 1. The highest BCUT2D eigenvalue weighted by Gasteiger charge is 2.35. The third kappa shape index (κ3) is 3.56. The maximum atomic E-state index is 13.5. The van der Waals surface area contributed by atoms with E-state index in [4.69, 9.17) is 0 Å². The van der Waals surface area contributed by atoms with Gasteiger partial charge in [0.15, 0.2) is 0 Å². The zero-order chi connectivity index (χ0) is 13.9. The molecule has 1 aliphatic carbocycles. The van der Waals surface area contributed by atoms with Gasteiger partial charge in [-0.25, -0.2) is 4.39 Å². The van der Waals surface area contributed by atoms with E-state index in [1.165, 1.54) is 18.4 Å². The van der Waals surface area contributed by atoms with E-state index < -0.39 is 0 Å². The zero-order valence-electron chi connectivity index (χ0n) is 12.4. The molecule has 106 valence electrons. The SMILES string of the molecule is CC1CCC(CNC(C)C)(c2cccc(F)c2)CC1. The lowest BCUT2D eigenvalue weighted by molar-refractivity contribution is 0.229. The second-order valence-corrected chi connectivity index (χ2v) is 6.51. The third-order valence-corrected chi connectivity index (χ3v) is 4.52. The van der Waals surface area contributed by atoms with Crippen LogP contribution in [0.15, 0.2) is 24.3 Å². The Balaban J connectivity index is 2.23. The summed E-state index contributed by atoms with van der Waals surface area (Å²) < 4.78 is 13.5. The minimum Gasteiger partial charge on any atom is -0.314 e. The number of hydrogen-bond donors (Lipinski definition) is 1. The second-order valence-electron chi connectivity index (χ2n) is 6.51. The molecule has 0 bridgehead atoms. The van der Waals surface area contributed by atoms with E-state index in [9.17, 15) is 4.39 Å². The first kappa shape index (κ1) is 14.5. The standard InChI is InChI=1S/C17H26FN/c1-13(2)19-12-17(9-7-14(3)8-10-17)15-5-4-6-16(18)11-15/h4-6,11,13-14,19H,7-10,12H2,1-3H3. The Morgan fingerprint density at radius 3 is 2.58 bits per heavy atom. The van der Waals surface area contributed by atoms with Crippen molar-refractivity contribution in [2.75, 3.05) is 6.54 Å². The Labute approximate surface area is 116 Å². The molecule has 1 aliphatic rings. The lowest BCUT2D eigenvalue weighted by Gasteiger charge is -2.41. The van der Waals surface area contributed by atoms with E-state index in [-0.39, 0.29) is 11.2 Å². The molecule has 0 atom stereocenters. The summed E-state index contributed by atoms with van der Waals surface area (Å²) in [5.41, 5.74) is 1.30. The van der Waals surface area contributed by atoms with Crippen LogP contribution in [0.3, 0.4) is 0 Å². The molecule has 1 saturated carbocycles. The fraction of sp³-hybridized carbons (Fsp3) is 0.647. The molecule has 19 heavy (non-hydrogen) atoms. The molecule has 1 aromatic carbocycles. The summed E-state index contributed by atoms with van der Waals surface area (Å²) in [6, 6.07) is 7.70. The highest BCUT2D eigenvalue weighted by Crippen LogP contribution is 2.41. The van der Waals surface area contributed by atoms with Crippen LogP contribution in [-0.2, 0) is 5.41 Å². The van der Waals surface area contributed by atoms with Crippen LogP contribution in [0, 0.1) is 11.7 Å². The van der Waals surface area contributed by atoms with E-state index >= 15 is 0 Å². The van der Waals surface area contributed by atoms with Crippen molar-refractivity contribution in [2.45, 2.75) is 57.9 Å². The van der Waals surface area contributed by atoms with Crippen LogP contribution < -0.4 is 5.32 Å². The predicted octanol–water partition coefficient (Wildman–Crippen LogP) is 4.27. The molecule has 0 saturated heterocycles. The molecular weight excluding hydrogens is 237 g/mol. The summed E-state index contributed by atoms with van der Waals surface area (Å²) in [7, 11) is 0. The van der Waals surface area contributed by atoms with Crippen LogP contribution in [0.4, 0.5) is 4.39 Å². The Kier molecular flexibility index (Phi) is 4.62. The van der Waals surface area contributed by atoms with Crippen LogP contribution in [-0.4, -0.2) is 12.6 Å². The predicted molar refractivity (Wildman–Crippen MR) is 78.8 cm³/mol. The first-order chi connectivity index (χ1) is 9.02. The van der Waals surface area contributed by atoms with Crippen molar-refractivity contribution in [3.8, 4) is 0 Å². The largest absolute Gasteiger partial charge is 0.314 e. The molecular formula is C17H26FN. The van der Waals surface area contributed by atoms with Gasteiger partial charge in [-0.1, -0.05) is 32.9 Å². The van der Waals surface area contributed by atoms with Gasteiger partial charge in [-0.05, 0) is 49.3 Å². The zero-order valence-corrected chi connectivity index (χ0v) is 12.4. The Bertz CT molecular complexity index is 405. The van der Waals surface area contributed by atoms with Crippen LogP contribution >= 0.6 is 0 Å². The molecule has 1 nitrogen and oxygen atoms in total. The minimum absolute atomic E-state index is 0.111. The van der Waals surface area contributed by atoms with Gasteiger partial charge in [-0.15, -0.1) is 0 Å². The Morgan fingerprint density at radius 2 is 2.00 bits per heavy atom. The quantitative estimate of drug-likeness (QED) is 0.855. The molecule has 0 amide bonds. The summed E-state index contributed by atoms with van der Waals surface area (Å²) in [5, 5.41) is 3.57. The molecule has 2 heteroatoms. The van der Waals surface area contributed by atoms with Crippen molar-refractivity contribution in [1.82, 2.24) is 5.32 Å². The third-order valence-electron chi connectivity index (χ3n) is 4.52. The van der Waals surface area contributed by atoms with E-state index in [0.29, 0.717) is 6.04 Å². The van der Waals surface area contributed by atoms with Gasteiger partial charge in [0.1, 0.15) is 5.82 Å². The molecule has 0 spiro atoms. The second kappa shape index (κ2) is 6.04. The van der Waals surface area contributed by atoms with Crippen molar-refractivity contribution < 1.29 is 4.39 Å². The molecule has 0 unspecified atom stereocenters. The molecule has 1 aromatic rings. The Hall–Kier alpha value is -0.890. The monoisotopic (exact) mass is 263 g/mol. The fourth-order valence-electron chi connectivity index (χ4n) is 3.10. The highest BCUT2D eigenvalue weighted by atomic mass is 19.1. The van der Waals surface area contributed by atoms with Crippen LogP contribution in [0.25, 0.3) is 0 Å². The summed E-state index contributed by atoms with van der Waals surface area (Å²) in [5.74, 6) is 0.695. The van der Waals surface area contributed by atoms with E-state index in [0.717, 1.165) is 25.3 Å². The maximum absolute atomic E-state index is 13.5. The lowest BCUT2D eigenvalue weighted by atomic mass is 9.67. The average Bonchev–Trinajstić information content (AvgIpc) is 2.38. The summed E-state index contributed by atoms with van der Waals surface area (Å²) in [4.78, 5) is 0. The number of rotatable bonds is 4. The van der Waals surface area contributed by atoms with Crippen LogP contribution in [0.5, 0.6) is 0 Å². The van der Waals surface area contributed by atoms with Gasteiger partial charge in [0, 0.05) is 18.0 Å².